The molecule has 1 heterocycles. The van der Waals surface area contributed by atoms with Crippen molar-refractivity contribution in [1.82, 2.24) is 10.3 Å². The number of alkyl halides is 6. The number of pyridine rings is 1. The van der Waals surface area contributed by atoms with Crippen LogP contribution in [0.15, 0.2) is 12.3 Å². The summed E-state index contributed by atoms with van der Waals surface area (Å²) in [6.45, 7) is 1.47. The van der Waals surface area contributed by atoms with Gasteiger partial charge in [0, 0.05) is 30.1 Å². The summed E-state index contributed by atoms with van der Waals surface area (Å²) in [6, 6.07) is 1.04. The van der Waals surface area contributed by atoms with E-state index in [2.05, 4.69) is 15.0 Å². The van der Waals surface area contributed by atoms with Crippen LogP contribution in [-0.2, 0) is 6.54 Å². The van der Waals surface area contributed by atoms with Gasteiger partial charge in [0.25, 0.3) is 6.10 Å². The molecule has 0 spiro atoms. The lowest BCUT2D eigenvalue weighted by atomic mass is 10.2. The minimum atomic E-state index is -5.55. The van der Waals surface area contributed by atoms with Gasteiger partial charge < -0.3 is 10.1 Å². The molecule has 0 radical (unpaired) electrons. The molecule has 0 aliphatic carbocycles. The van der Waals surface area contributed by atoms with E-state index in [4.69, 9.17) is 0 Å². The second kappa shape index (κ2) is 5.86. The maximum absolute atomic E-state index is 12.4. The van der Waals surface area contributed by atoms with Gasteiger partial charge in [-0.1, -0.05) is 0 Å². The Balaban J connectivity index is 3.14. The number of nitrogens with one attached hydrogen (secondary N) is 1. The molecule has 1 rings (SSSR count). The lowest BCUT2D eigenvalue weighted by molar-refractivity contribution is -0.300. The summed E-state index contributed by atoms with van der Waals surface area (Å²) >= 11 is 0. The van der Waals surface area contributed by atoms with Crippen LogP contribution in [0.1, 0.15) is 11.3 Å². The van der Waals surface area contributed by atoms with E-state index in [1.807, 2.05) is 0 Å². The van der Waals surface area contributed by atoms with Gasteiger partial charge in [0.1, 0.15) is 5.75 Å². The second-order valence-electron chi connectivity index (χ2n) is 4.04. The number of halogens is 6. The molecule has 3 nitrogen and oxygen atoms in total. The fourth-order valence-electron chi connectivity index (χ4n) is 1.44. The van der Waals surface area contributed by atoms with Crippen molar-refractivity contribution in [3.8, 4) is 5.75 Å². The zero-order chi connectivity index (χ0) is 15.6. The molecule has 20 heavy (non-hydrogen) atoms. The first-order valence-electron chi connectivity index (χ1n) is 5.46. The van der Waals surface area contributed by atoms with Crippen LogP contribution >= 0.6 is 0 Å². The molecule has 9 heteroatoms. The maximum atomic E-state index is 12.4. The van der Waals surface area contributed by atoms with Crippen molar-refractivity contribution in [1.29, 1.82) is 0 Å². The molecule has 114 valence electrons. The Morgan fingerprint density at radius 3 is 2.20 bits per heavy atom. The molecule has 0 aliphatic rings. The highest BCUT2D eigenvalue weighted by Crippen LogP contribution is 2.37. The van der Waals surface area contributed by atoms with Gasteiger partial charge in [-0.15, -0.1) is 0 Å². The third-order valence-corrected chi connectivity index (χ3v) is 2.29. The normalized spacial score (nSPS) is 12.8. The molecule has 0 saturated carbocycles. The monoisotopic (exact) mass is 302 g/mol. The first kappa shape index (κ1) is 16.5. The quantitative estimate of drug-likeness (QED) is 0.868. The van der Waals surface area contributed by atoms with Crippen LogP contribution in [0.3, 0.4) is 0 Å². The topological polar surface area (TPSA) is 34.2 Å². The third kappa shape index (κ3) is 4.26. The molecule has 0 aromatic carbocycles. The van der Waals surface area contributed by atoms with Gasteiger partial charge in [-0.05, 0) is 14.0 Å². The van der Waals surface area contributed by atoms with Crippen molar-refractivity contribution in [2.75, 3.05) is 7.05 Å². The Labute approximate surface area is 110 Å². The number of ether oxygens (including phenoxy) is 1. The van der Waals surface area contributed by atoms with Gasteiger partial charge in [-0.2, -0.15) is 26.3 Å². The number of hydrogen-bond acceptors (Lipinski definition) is 3. The van der Waals surface area contributed by atoms with Gasteiger partial charge in [0.15, 0.2) is 0 Å². The van der Waals surface area contributed by atoms with Gasteiger partial charge in [-0.3, -0.25) is 4.98 Å². The molecule has 0 atom stereocenters. The maximum Gasteiger partial charge on any atom is 0.434 e. The van der Waals surface area contributed by atoms with E-state index in [9.17, 15) is 26.3 Å². The van der Waals surface area contributed by atoms with Crippen LogP contribution in [0.2, 0.25) is 0 Å². The summed E-state index contributed by atoms with van der Waals surface area (Å²) in [6.07, 6.45) is -13.8. The molecule has 0 amide bonds. The standard InChI is InChI=1S/C11H12F6N2O/c1-6-3-8(7(4-18-2)5-19-6)20-9(10(12,13)14)11(15,16)17/h3,5,9,18H,4H2,1-2H3. The van der Waals surface area contributed by atoms with Gasteiger partial charge >= 0.3 is 12.4 Å². The second-order valence-corrected chi connectivity index (χ2v) is 4.04. The molecule has 1 N–H and O–H groups in total. The largest absolute Gasteiger partial charge is 0.471 e. The van der Waals surface area contributed by atoms with Crippen molar-refractivity contribution in [2.45, 2.75) is 31.9 Å². The van der Waals surface area contributed by atoms with Crippen LogP contribution in [0.25, 0.3) is 0 Å². The van der Waals surface area contributed by atoms with Crippen molar-refractivity contribution >= 4 is 0 Å². The molecule has 1 aromatic heterocycles. The fourth-order valence-corrected chi connectivity index (χ4v) is 1.44. The Kier molecular flexibility index (Phi) is 4.85. The van der Waals surface area contributed by atoms with Crippen LogP contribution < -0.4 is 10.1 Å². The average Bonchev–Trinajstić information content (AvgIpc) is 2.26. The highest BCUT2D eigenvalue weighted by Gasteiger charge is 2.59. The summed E-state index contributed by atoms with van der Waals surface area (Å²) in [5.41, 5.74) is 0.361. The molecule has 0 saturated heterocycles. The first-order valence-corrected chi connectivity index (χ1v) is 5.46. The van der Waals surface area contributed by atoms with Crippen LogP contribution in [0.5, 0.6) is 5.75 Å². The smallest absolute Gasteiger partial charge is 0.434 e. The summed E-state index contributed by atoms with van der Waals surface area (Å²) in [4.78, 5) is 3.81. The van der Waals surface area contributed by atoms with E-state index in [1.165, 1.54) is 20.2 Å². The molecule has 0 unspecified atom stereocenters. The van der Waals surface area contributed by atoms with E-state index < -0.39 is 24.2 Å². The van der Waals surface area contributed by atoms with Crippen LogP contribution in [-0.4, -0.2) is 30.5 Å². The van der Waals surface area contributed by atoms with Crippen molar-refractivity contribution in [3.05, 3.63) is 23.5 Å². The minimum Gasteiger partial charge on any atom is -0.471 e. The van der Waals surface area contributed by atoms with Gasteiger partial charge in [-0.25, -0.2) is 0 Å². The van der Waals surface area contributed by atoms with Gasteiger partial charge in [0.2, 0.25) is 0 Å². The predicted molar refractivity (Wildman–Crippen MR) is 58.3 cm³/mol. The Bertz CT molecular complexity index is 443. The van der Waals surface area contributed by atoms with Crippen molar-refractivity contribution in [3.63, 3.8) is 0 Å². The zero-order valence-corrected chi connectivity index (χ0v) is 10.6. The summed E-state index contributed by atoms with van der Waals surface area (Å²) in [7, 11) is 1.49. The average molecular weight is 302 g/mol. The van der Waals surface area contributed by atoms with Crippen LogP contribution in [0, 0.1) is 6.92 Å². The summed E-state index contributed by atoms with van der Waals surface area (Å²) in [5.74, 6) is -0.494. The Morgan fingerprint density at radius 2 is 1.75 bits per heavy atom. The molecular formula is C11H12F6N2O. The summed E-state index contributed by atoms with van der Waals surface area (Å²) in [5, 5.41) is 2.61. The Hall–Kier alpha value is -1.51. The van der Waals surface area contributed by atoms with Crippen LogP contribution in [0.4, 0.5) is 26.3 Å². The highest BCUT2D eigenvalue weighted by atomic mass is 19.4. The minimum absolute atomic E-state index is 0.0328. The first-order chi connectivity index (χ1) is 9.05. The molecule has 0 fully saturated rings. The number of rotatable bonds is 4. The van der Waals surface area contributed by atoms with E-state index in [-0.39, 0.29) is 17.8 Å². The van der Waals surface area contributed by atoms with Gasteiger partial charge in [0.05, 0.1) is 0 Å². The molecule has 1 aromatic rings. The van der Waals surface area contributed by atoms with Crippen molar-refractivity contribution in [2.24, 2.45) is 0 Å². The Morgan fingerprint density at radius 1 is 1.20 bits per heavy atom. The number of nitrogens with zero attached hydrogens (tertiary/aromatic N) is 1. The zero-order valence-electron chi connectivity index (χ0n) is 10.6. The van der Waals surface area contributed by atoms with E-state index in [0.29, 0.717) is 0 Å². The molecular weight excluding hydrogens is 290 g/mol. The van der Waals surface area contributed by atoms with Crippen molar-refractivity contribution < 1.29 is 31.1 Å². The fraction of sp³-hybridized carbons (Fsp3) is 0.545. The number of aromatic nitrogens is 1. The van der Waals surface area contributed by atoms with E-state index in [0.717, 1.165) is 6.07 Å². The SMILES string of the molecule is CNCc1cnc(C)cc1OC(C(F)(F)F)C(F)(F)F. The molecule has 0 aliphatic heterocycles. The number of aryl methyl sites for hydroxylation is 1. The van der Waals surface area contributed by atoms with E-state index in [1.54, 1.807) is 0 Å². The highest BCUT2D eigenvalue weighted by molar-refractivity contribution is 5.33. The lowest BCUT2D eigenvalue weighted by Gasteiger charge is -2.25. The summed E-state index contributed by atoms with van der Waals surface area (Å²) < 4.78 is 78.8. The predicted octanol–water partition coefficient (Wildman–Crippen LogP) is 2.98. The molecule has 0 bridgehead atoms. The number of hydrogen-bond donors (Lipinski definition) is 1. The van der Waals surface area contributed by atoms with E-state index >= 15 is 0 Å². The lowest BCUT2D eigenvalue weighted by Crippen LogP contribution is -2.46. The third-order valence-electron chi connectivity index (χ3n) is 2.29.